The van der Waals surface area contributed by atoms with E-state index in [1.54, 1.807) is 70.4 Å². The van der Waals surface area contributed by atoms with Crippen LogP contribution in [0.2, 0.25) is 0 Å². The average molecular weight is 1800 g/mol. The Kier molecular flexibility index (Phi) is 37.6. The highest BCUT2D eigenvalue weighted by Gasteiger charge is 2.47. The fourth-order valence-corrected chi connectivity index (χ4v) is 17.1. The maximum absolute atomic E-state index is 15.8. The number of amides is 16. The molecule has 2 aromatic heterocycles. The second-order valence-corrected chi connectivity index (χ2v) is 35.9. The van der Waals surface area contributed by atoms with Crippen LogP contribution >= 0.6 is 11.8 Å². The number of benzene rings is 3. The number of carbonyl (C=O) groups is 16. The number of fused-ring (bicyclic) bond motifs is 4. The number of hydrogen-bond acceptors (Lipinski definition) is 21. The van der Waals surface area contributed by atoms with Crippen molar-refractivity contribution in [2.24, 2.45) is 29.0 Å². The van der Waals surface area contributed by atoms with Crippen molar-refractivity contribution in [1.82, 2.24) is 87.6 Å². The number of aliphatic hydroxyl groups excluding tert-OH is 1. The van der Waals surface area contributed by atoms with Crippen LogP contribution in [0.25, 0.3) is 21.8 Å². The predicted molar refractivity (Wildman–Crippen MR) is 480 cm³/mol. The number of hydrogen-bond donors (Lipinski definition) is 17. The molecule has 14 atom stereocenters. The molecule has 700 valence electrons. The van der Waals surface area contributed by atoms with Crippen molar-refractivity contribution >= 4 is 128 Å². The van der Waals surface area contributed by atoms with E-state index in [0.717, 1.165) is 21.6 Å². The summed E-state index contributed by atoms with van der Waals surface area (Å²) >= 11 is 0.834. The van der Waals surface area contributed by atoms with Crippen molar-refractivity contribution < 1.29 is 86.9 Å². The fraction of sp³-hybridized carbons (Fsp3) is 0.573. The van der Waals surface area contributed by atoms with Crippen molar-refractivity contribution in [3.63, 3.8) is 0 Å². The Morgan fingerprint density at radius 1 is 0.555 bits per heavy atom. The third kappa shape index (κ3) is 27.4. The zero-order chi connectivity index (χ0) is 94.1. The van der Waals surface area contributed by atoms with Crippen molar-refractivity contribution in [3.8, 4) is 5.75 Å². The molecule has 39 heteroatoms. The summed E-state index contributed by atoms with van der Waals surface area (Å²) < 4.78 is 0. The van der Waals surface area contributed by atoms with E-state index in [1.807, 2.05) is 32.0 Å². The lowest BCUT2D eigenvalue weighted by Gasteiger charge is -2.36. The largest absolute Gasteiger partial charge is 0.508 e. The number of nitrogens with zero attached hydrogens (tertiary/aromatic N) is 5. The second kappa shape index (κ2) is 47.4. The van der Waals surface area contributed by atoms with E-state index in [0.29, 0.717) is 70.6 Å². The minimum atomic E-state index is -1.78. The molecule has 5 heterocycles. The van der Waals surface area contributed by atoms with Crippen LogP contribution in [-0.4, -0.2) is 295 Å². The smallest absolute Gasteiger partial charge is 0.248 e. The normalized spacial score (nSPS) is 25.5. The number of unbranched alkanes of at least 4 members (excludes halogenated alkanes) is 2. The van der Waals surface area contributed by atoms with Gasteiger partial charge in [0.2, 0.25) is 94.5 Å². The molecule has 3 aliphatic rings. The van der Waals surface area contributed by atoms with Crippen LogP contribution in [0.15, 0.2) is 85.2 Å². The monoisotopic (exact) mass is 1800 g/mol. The summed E-state index contributed by atoms with van der Waals surface area (Å²) in [6.07, 6.45) is 3.17. The van der Waals surface area contributed by atoms with Gasteiger partial charge in [-0.05, 0) is 125 Å². The first-order valence-corrected chi connectivity index (χ1v) is 45.1. The molecular formula is C89H130N20O18S. The zero-order valence-electron chi connectivity index (χ0n) is 75.2. The number of likely N-dealkylation sites (N-methyl/N-ethyl adjacent to an activating group) is 3. The van der Waals surface area contributed by atoms with Crippen molar-refractivity contribution in [2.45, 2.75) is 249 Å². The maximum atomic E-state index is 15.8. The zero-order valence-corrected chi connectivity index (χ0v) is 76.0. The van der Waals surface area contributed by atoms with Gasteiger partial charge in [0.15, 0.2) is 0 Å². The lowest BCUT2D eigenvalue weighted by atomic mass is 9.99. The van der Waals surface area contributed by atoms with Gasteiger partial charge in [0.05, 0.1) is 18.4 Å². The number of carbonyl (C=O) groups excluding carboxylic acids is 16. The Hall–Kier alpha value is -11.7. The first kappa shape index (κ1) is 102. The van der Waals surface area contributed by atoms with Crippen LogP contribution in [0.1, 0.15) is 156 Å². The van der Waals surface area contributed by atoms with Gasteiger partial charge >= 0.3 is 0 Å². The van der Waals surface area contributed by atoms with Gasteiger partial charge < -0.3 is 115 Å². The molecule has 3 saturated heterocycles. The molecular weight excluding hydrogens is 1670 g/mol. The Balaban J connectivity index is 1.18. The van der Waals surface area contributed by atoms with Crippen molar-refractivity contribution in [1.29, 1.82) is 0 Å². The number of nitrogens with two attached hydrogens (primary N) is 3. The van der Waals surface area contributed by atoms with Crippen LogP contribution in [0.3, 0.4) is 0 Å². The molecule has 0 spiro atoms. The minimum Gasteiger partial charge on any atom is -0.508 e. The first-order chi connectivity index (χ1) is 60.7. The van der Waals surface area contributed by atoms with Gasteiger partial charge in [0.25, 0.3) is 0 Å². The summed E-state index contributed by atoms with van der Waals surface area (Å²) in [4.78, 5) is 248. The van der Waals surface area contributed by atoms with Gasteiger partial charge in [-0.25, -0.2) is 0 Å². The molecule has 20 N–H and O–H groups in total. The third-order valence-corrected chi connectivity index (χ3v) is 24.5. The summed E-state index contributed by atoms with van der Waals surface area (Å²) in [6, 6.07) is 1.66. The molecule has 5 aromatic rings. The number of aromatic nitrogens is 2. The van der Waals surface area contributed by atoms with Crippen LogP contribution in [0.4, 0.5) is 0 Å². The molecule has 0 unspecified atom stereocenters. The van der Waals surface area contributed by atoms with E-state index in [-0.39, 0.29) is 101 Å². The van der Waals surface area contributed by atoms with E-state index in [2.05, 4.69) is 63.1 Å². The summed E-state index contributed by atoms with van der Waals surface area (Å²) in [7, 11) is 4.11. The average Bonchev–Trinajstić information content (AvgIpc) is 1.42. The second-order valence-electron chi connectivity index (χ2n) is 34.8. The number of thioether (sulfide) groups is 1. The van der Waals surface area contributed by atoms with Gasteiger partial charge in [-0.1, -0.05) is 116 Å². The lowest BCUT2D eigenvalue weighted by molar-refractivity contribution is -0.149. The highest BCUT2D eigenvalue weighted by molar-refractivity contribution is 8.00. The standard InChI is InChI=1S/C89H130N20O18S/c1-13-15-26-69-81(120)98-62(36-49(3)4)78(117)103-68(76(115)95-45-73(92)112)47-128-48-74(113)96-65(38-52-29-31-55(110)32-30-52)84(123)105(10)51(7)75(114)104-89(8,9)88(127)108-35-21-28-70(108)82(121)102-67(42-91)80(119)100-64(37-50(5)6)86(125)109-46-56(111)41-72(109)83(122)99-63(39-53-43-93-59-24-19-17-22-57(53)59)79(118)97-61(33-34-90)77(116)101-66(40-54-44-94-60-25-20-18-23-58(54)60)85(124)107(12)71(27-16-14-2)87(126)106(69)11/h17-20,22-25,29-32,43-44,49-51,56,61-72,93-94,110-111H,13-16,21,26-28,33-42,45-48,90-91H2,1-12H3,(H2,92,112)(H,95,115)(H,96,113)(H,97,118)(H,98,120)(H,99,122)(H,100,119)(H,101,116)(H,102,121)(H,103,117)(H,104,114)/t51-,56+,61-,62-,63-,64-,65-,66-,67-,68-,69-,70-,71-,72-/m0/s1. The van der Waals surface area contributed by atoms with Gasteiger partial charge in [0, 0.05) is 106 Å². The number of nitrogens with one attached hydrogen (secondary N) is 12. The third-order valence-electron chi connectivity index (χ3n) is 23.5. The van der Waals surface area contributed by atoms with E-state index in [9.17, 15) is 53.4 Å². The molecule has 16 amide bonds. The molecule has 128 heavy (non-hydrogen) atoms. The number of primary amides is 1. The Labute approximate surface area is 749 Å². The molecule has 3 aliphatic heterocycles. The SMILES string of the molecule is CCCC[C@H]1C(=O)N(C)[C@@H](CCCC)C(=O)N[C@@H](CC(C)C)C(=O)N[C@H](C(=O)NCC(N)=O)CSCC(=O)N[C@@H](Cc2ccc(O)cc2)C(=O)N(C)[C@@H](C)C(=O)NC(C)(C)C(=O)N2CCC[C@H]2C(=O)N[C@@H](CN)C(=O)N[C@@H](CC(C)C)C(=O)N2C[C@H](O)C[C@H]2C(=O)N[C@@H](Cc2c[nH]c3ccccc23)C(=O)N[C@@H](CCN)C(=O)N[C@@H](Cc2c[nH]c3ccccc23)C(=O)N1C. The highest BCUT2D eigenvalue weighted by atomic mass is 32.2. The highest BCUT2D eigenvalue weighted by Crippen LogP contribution is 2.29. The fourth-order valence-electron chi connectivity index (χ4n) is 16.3. The topological polar surface area (TPSA) is 560 Å². The van der Waals surface area contributed by atoms with Gasteiger partial charge in [-0.15, -0.1) is 11.8 Å². The number of H-pyrrole nitrogens is 2. The minimum absolute atomic E-state index is 0.0222. The molecule has 0 aliphatic carbocycles. The van der Waals surface area contributed by atoms with Crippen molar-refractivity contribution in [3.05, 3.63) is 102 Å². The quantitative estimate of drug-likeness (QED) is 0.0424. The molecule has 3 aromatic carbocycles. The number of rotatable bonds is 22. The Morgan fingerprint density at radius 2 is 1.06 bits per heavy atom. The van der Waals surface area contributed by atoms with E-state index in [4.69, 9.17) is 17.2 Å². The predicted octanol–water partition coefficient (Wildman–Crippen LogP) is -0.262. The molecule has 0 bridgehead atoms. The van der Waals surface area contributed by atoms with Crippen LogP contribution < -0.4 is 70.4 Å². The first-order valence-electron chi connectivity index (χ1n) is 44.0. The number of aromatic hydroxyl groups is 1. The summed E-state index contributed by atoms with van der Waals surface area (Å²) in [5.74, 6) is -14.9. The number of phenolic OH excluding ortho intramolecular Hbond substituents is 1. The lowest BCUT2D eigenvalue weighted by Crippen LogP contribution is -2.63. The van der Waals surface area contributed by atoms with E-state index >= 15 is 33.6 Å². The maximum Gasteiger partial charge on any atom is 0.248 e. The van der Waals surface area contributed by atoms with E-state index < -0.39 is 210 Å². The number of para-hydroxylation sites is 2. The van der Waals surface area contributed by atoms with Gasteiger partial charge in [0.1, 0.15) is 89.8 Å². The Morgan fingerprint density at radius 3 is 1.66 bits per heavy atom. The van der Waals surface area contributed by atoms with Gasteiger partial charge in [-0.3, -0.25) is 76.7 Å². The molecule has 38 nitrogen and oxygen atoms in total. The molecule has 8 rings (SSSR count). The van der Waals surface area contributed by atoms with Gasteiger partial charge in [-0.2, -0.15) is 0 Å². The Bertz CT molecular complexity index is 4770. The number of aromatic amines is 2. The molecule has 3 fully saturated rings. The van der Waals surface area contributed by atoms with E-state index in [1.165, 1.54) is 80.9 Å². The van der Waals surface area contributed by atoms with Crippen molar-refractivity contribution in [2.75, 3.05) is 65.4 Å². The van der Waals surface area contributed by atoms with Crippen LogP contribution in [0, 0.1) is 11.8 Å². The molecule has 0 radical (unpaired) electrons. The summed E-state index contributed by atoms with van der Waals surface area (Å²) in [5.41, 5.74) is 19.1. The summed E-state index contributed by atoms with van der Waals surface area (Å²) in [5, 5.41) is 50.1. The van der Waals surface area contributed by atoms with Crippen LogP contribution in [-0.2, 0) is 96.0 Å². The molecule has 0 saturated carbocycles. The summed E-state index contributed by atoms with van der Waals surface area (Å²) in [6.45, 7) is 13.3. The number of aliphatic hydroxyl groups is 1. The van der Waals surface area contributed by atoms with Crippen LogP contribution in [0.5, 0.6) is 5.75 Å². The number of phenols is 1.